The van der Waals surface area contributed by atoms with Crippen molar-refractivity contribution in [2.24, 2.45) is 0 Å². The summed E-state index contributed by atoms with van der Waals surface area (Å²) in [5.41, 5.74) is -0.446. The molecule has 0 aromatic carbocycles. The molecule has 0 aromatic rings. The first-order valence-corrected chi connectivity index (χ1v) is 8.27. The second-order valence-corrected chi connectivity index (χ2v) is 6.38. The molecule has 0 bridgehead atoms. The van der Waals surface area contributed by atoms with Crippen molar-refractivity contribution in [2.75, 3.05) is 20.2 Å². The summed E-state index contributed by atoms with van der Waals surface area (Å²) in [6, 6.07) is 1.27. The van der Waals surface area contributed by atoms with Gasteiger partial charge in [0.15, 0.2) is 0 Å². The quantitative estimate of drug-likeness (QED) is 0.728. The average Bonchev–Trinajstić information content (AvgIpc) is 3.29. The highest BCUT2D eigenvalue weighted by molar-refractivity contribution is 5.81. The van der Waals surface area contributed by atoms with Crippen molar-refractivity contribution in [1.29, 1.82) is 0 Å². The summed E-state index contributed by atoms with van der Waals surface area (Å²) in [6.45, 7) is 5.39. The Kier molecular flexibility index (Phi) is 5.44. The Hall–Kier alpha value is -0.610. The van der Waals surface area contributed by atoms with Gasteiger partial charge in [-0.1, -0.05) is 6.92 Å². The van der Waals surface area contributed by atoms with Crippen LogP contribution in [-0.4, -0.2) is 48.7 Å². The first-order chi connectivity index (χ1) is 9.63. The Morgan fingerprint density at radius 2 is 2.05 bits per heavy atom. The minimum atomic E-state index is -0.446. The smallest absolute Gasteiger partial charge is 0.326 e. The van der Waals surface area contributed by atoms with E-state index in [1.165, 1.54) is 19.3 Å². The van der Waals surface area contributed by atoms with Crippen LogP contribution < -0.4 is 5.32 Å². The third kappa shape index (κ3) is 3.53. The second kappa shape index (κ2) is 6.90. The number of hydrogen-bond donors (Lipinski definition) is 1. The molecule has 4 heteroatoms. The largest absolute Gasteiger partial charge is 0.465 e. The number of carbonyl (C=O) groups is 1. The third-order valence-electron chi connectivity index (χ3n) is 4.80. The Morgan fingerprint density at radius 1 is 1.30 bits per heavy atom. The van der Waals surface area contributed by atoms with Crippen LogP contribution >= 0.6 is 0 Å². The van der Waals surface area contributed by atoms with Crippen LogP contribution in [-0.2, 0) is 9.53 Å². The Balaban J connectivity index is 2.05. The van der Waals surface area contributed by atoms with Gasteiger partial charge in [-0.25, -0.2) is 0 Å². The van der Waals surface area contributed by atoms with Crippen molar-refractivity contribution >= 4 is 5.97 Å². The highest BCUT2D eigenvalue weighted by atomic mass is 16.5. The molecule has 1 N–H and O–H groups in total. The van der Waals surface area contributed by atoms with Gasteiger partial charge in [-0.15, -0.1) is 0 Å². The van der Waals surface area contributed by atoms with E-state index >= 15 is 0 Å². The second-order valence-electron chi connectivity index (χ2n) is 6.38. The molecule has 2 rings (SSSR count). The third-order valence-corrected chi connectivity index (χ3v) is 4.80. The van der Waals surface area contributed by atoms with E-state index in [4.69, 9.17) is 4.74 Å². The molecule has 0 radical (unpaired) electrons. The summed E-state index contributed by atoms with van der Waals surface area (Å²) in [5, 5.41) is 3.51. The number of rotatable bonds is 7. The number of nitrogens with one attached hydrogen (secondary N) is 1. The molecule has 2 aliphatic rings. The molecule has 0 heterocycles. The molecular formula is C16H30N2O2. The Morgan fingerprint density at radius 3 is 2.65 bits per heavy atom. The van der Waals surface area contributed by atoms with Crippen LogP contribution in [0.3, 0.4) is 0 Å². The van der Waals surface area contributed by atoms with E-state index < -0.39 is 5.54 Å². The standard InChI is InChI=1S/C16H30N2O2/c1-4-11-17-16(15(19)20-5-2)10-6-7-14(12-16)18(3)13-8-9-13/h13-14,17H,4-12H2,1-3H3. The maximum absolute atomic E-state index is 12.5. The number of esters is 1. The van der Waals surface area contributed by atoms with Crippen molar-refractivity contribution in [3.05, 3.63) is 0 Å². The normalized spacial score (nSPS) is 30.5. The fraction of sp³-hybridized carbons (Fsp3) is 0.938. The fourth-order valence-corrected chi connectivity index (χ4v) is 3.43. The van der Waals surface area contributed by atoms with Gasteiger partial charge in [0, 0.05) is 12.1 Å². The molecule has 2 unspecified atom stereocenters. The lowest BCUT2D eigenvalue weighted by molar-refractivity contribution is -0.154. The molecule has 0 amide bonds. The summed E-state index contributed by atoms with van der Waals surface area (Å²) in [4.78, 5) is 15.0. The van der Waals surface area contributed by atoms with E-state index in [-0.39, 0.29) is 5.97 Å². The molecule has 0 spiro atoms. The predicted octanol–water partition coefficient (Wildman–Crippen LogP) is 2.32. The van der Waals surface area contributed by atoms with Gasteiger partial charge in [0.2, 0.25) is 0 Å². The van der Waals surface area contributed by atoms with E-state index in [1.54, 1.807) is 0 Å². The summed E-state index contributed by atoms with van der Waals surface area (Å²) in [5.74, 6) is -0.0395. The molecule has 0 saturated heterocycles. The molecule has 20 heavy (non-hydrogen) atoms. The average molecular weight is 282 g/mol. The van der Waals surface area contributed by atoms with Gasteiger partial charge in [0.25, 0.3) is 0 Å². The van der Waals surface area contributed by atoms with Crippen LogP contribution in [0, 0.1) is 0 Å². The van der Waals surface area contributed by atoms with E-state index in [1.807, 2.05) is 6.92 Å². The molecule has 116 valence electrons. The van der Waals surface area contributed by atoms with Crippen LogP contribution in [0.2, 0.25) is 0 Å². The van der Waals surface area contributed by atoms with E-state index in [9.17, 15) is 4.79 Å². The summed E-state index contributed by atoms with van der Waals surface area (Å²) in [7, 11) is 2.23. The maximum atomic E-state index is 12.5. The number of carbonyl (C=O) groups excluding carboxylic acids is 1. The van der Waals surface area contributed by atoms with Crippen LogP contribution in [0.5, 0.6) is 0 Å². The molecule has 2 atom stereocenters. The minimum Gasteiger partial charge on any atom is -0.465 e. The first kappa shape index (κ1) is 15.8. The van der Waals surface area contributed by atoms with Crippen LogP contribution in [0.25, 0.3) is 0 Å². The number of nitrogens with zero attached hydrogens (tertiary/aromatic N) is 1. The molecule has 4 nitrogen and oxygen atoms in total. The van der Waals surface area contributed by atoms with Gasteiger partial charge in [0.1, 0.15) is 5.54 Å². The molecule has 0 aromatic heterocycles. The number of hydrogen-bond acceptors (Lipinski definition) is 4. The molecule has 2 fully saturated rings. The van der Waals surface area contributed by atoms with E-state index in [2.05, 4.69) is 24.2 Å². The molecule has 2 saturated carbocycles. The van der Waals surface area contributed by atoms with Crippen LogP contribution in [0.4, 0.5) is 0 Å². The summed E-state index contributed by atoms with van der Waals surface area (Å²) in [6.07, 6.45) is 7.83. The fourth-order valence-electron chi connectivity index (χ4n) is 3.43. The SMILES string of the molecule is CCCNC1(C(=O)OCC)CCCC(N(C)C2CC2)C1. The molecular weight excluding hydrogens is 252 g/mol. The Bertz CT molecular complexity index is 330. The van der Waals surface area contributed by atoms with Gasteiger partial charge >= 0.3 is 5.97 Å². The number of ether oxygens (including phenoxy) is 1. The summed E-state index contributed by atoms with van der Waals surface area (Å²) < 4.78 is 5.37. The van der Waals surface area contributed by atoms with Gasteiger partial charge in [-0.05, 0) is 65.5 Å². The van der Waals surface area contributed by atoms with Crippen molar-refractivity contribution in [1.82, 2.24) is 10.2 Å². The maximum Gasteiger partial charge on any atom is 0.326 e. The highest BCUT2D eigenvalue weighted by Gasteiger charge is 2.46. The lowest BCUT2D eigenvalue weighted by Crippen LogP contribution is -2.59. The predicted molar refractivity (Wildman–Crippen MR) is 80.7 cm³/mol. The minimum absolute atomic E-state index is 0.0395. The zero-order chi connectivity index (χ0) is 14.6. The topological polar surface area (TPSA) is 41.6 Å². The van der Waals surface area contributed by atoms with E-state index in [0.29, 0.717) is 12.6 Å². The van der Waals surface area contributed by atoms with Crippen LogP contribution in [0.1, 0.15) is 58.8 Å². The van der Waals surface area contributed by atoms with Gasteiger partial charge in [0.05, 0.1) is 6.61 Å². The zero-order valence-corrected chi connectivity index (χ0v) is 13.3. The summed E-state index contributed by atoms with van der Waals surface area (Å²) >= 11 is 0. The monoisotopic (exact) mass is 282 g/mol. The first-order valence-electron chi connectivity index (χ1n) is 8.27. The van der Waals surface area contributed by atoms with Crippen molar-refractivity contribution in [3.63, 3.8) is 0 Å². The zero-order valence-electron chi connectivity index (χ0n) is 13.3. The highest BCUT2D eigenvalue weighted by Crippen LogP contribution is 2.36. The van der Waals surface area contributed by atoms with Gasteiger partial charge in [-0.2, -0.15) is 0 Å². The molecule has 2 aliphatic carbocycles. The van der Waals surface area contributed by atoms with Crippen molar-refractivity contribution in [3.8, 4) is 0 Å². The Labute approximate surface area is 123 Å². The van der Waals surface area contributed by atoms with E-state index in [0.717, 1.165) is 38.3 Å². The van der Waals surface area contributed by atoms with Crippen LogP contribution in [0.15, 0.2) is 0 Å². The lowest BCUT2D eigenvalue weighted by atomic mass is 9.78. The van der Waals surface area contributed by atoms with Gasteiger partial charge < -0.3 is 15.0 Å². The molecule has 0 aliphatic heterocycles. The van der Waals surface area contributed by atoms with Gasteiger partial charge in [-0.3, -0.25) is 4.79 Å². The lowest BCUT2D eigenvalue weighted by Gasteiger charge is -2.42. The van der Waals surface area contributed by atoms with Crippen molar-refractivity contribution < 1.29 is 9.53 Å². The van der Waals surface area contributed by atoms with Crippen molar-refractivity contribution in [2.45, 2.75) is 76.4 Å².